The lowest BCUT2D eigenvalue weighted by molar-refractivity contribution is 0.102. The molecule has 0 saturated carbocycles. The predicted molar refractivity (Wildman–Crippen MR) is 112 cm³/mol. The fraction of sp³-hybridized carbons (Fsp3) is 0.143. The third-order valence-electron chi connectivity index (χ3n) is 4.51. The van der Waals surface area contributed by atoms with Crippen molar-refractivity contribution >= 4 is 23.3 Å². The summed E-state index contributed by atoms with van der Waals surface area (Å²) in [6.45, 7) is 4.04. The summed E-state index contributed by atoms with van der Waals surface area (Å²) in [5.74, 6) is 0.107. The first-order valence-electron chi connectivity index (χ1n) is 9.25. The van der Waals surface area contributed by atoms with Gasteiger partial charge in [0.1, 0.15) is 29.4 Å². The first-order valence-corrected chi connectivity index (χ1v) is 9.63. The number of halogens is 2. The molecule has 0 unspecified atom stereocenters. The summed E-state index contributed by atoms with van der Waals surface area (Å²) in [5, 5.41) is 10.9. The number of hydrogen-bond donors (Lipinski definition) is 1. The van der Waals surface area contributed by atoms with Crippen LogP contribution in [-0.4, -0.2) is 30.2 Å². The van der Waals surface area contributed by atoms with Crippen molar-refractivity contribution in [2.75, 3.05) is 5.32 Å². The summed E-state index contributed by atoms with van der Waals surface area (Å²) in [7, 11) is 0. The van der Waals surface area contributed by atoms with Crippen LogP contribution in [0.3, 0.4) is 0 Å². The van der Waals surface area contributed by atoms with Crippen molar-refractivity contribution in [2.45, 2.75) is 19.9 Å². The molecule has 3 aromatic heterocycles. The average molecular weight is 425 g/mol. The standard InChI is InChI=1S/C21H18ClFN6O/c1-13(2)29-12-24-27-20(29)17-5-3-7-19(25-17)26-21(30)18-6-4-10-28(18)14-8-9-16(23)15(22)11-14/h3-13H,1-2H3,(H,25,26,30). The Balaban J connectivity index is 1.61. The summed E-state index contributed by atoms with van der Waals surface area (Å²) in [4.78, 5) is 17.4. The number of aromatic nitrogens is 5. The van der Waals surface area contributed by atoms with Crippen molar-refractivity contribution in [3.8, 4) is 17.2 Å². The van der Waals surface area contributed by atoms with Gasteiger partial charge in [-0.05, 0) is 56.3 Å². The Morgan fingerprint density at radius 3 is 2.77 bits per heavy atom. The summed E-state index contributed by atoms with van der Waals surface area (Å²) in [5.41, 5.74) is 1.53. The van der Waals surface area contributed by atoms with Gasteiger partial charge in [0.05, 0.1) is 5.02 Å². The van der Waals surface area contributed by atoms with Crippen LogP contribution in [0.2, 0.25) is 5.02 Å². The van der Waals surface area contributed by atoms with Gasteiger partial charge in [-0.3, -0.25) is 4.79 Å². The maximum Gasteiger partial charge on any atom is 0.273 e. The Hall–Kier alpha value is -3.52. The molecule has 0 spiro atoms. The van der Waals surface area contributed by atoms with E-state index in [-0.39, 0.29) is 17.0 Å². The molecule has 1 N–H and O–H groups in total. The van der Waals surface area contributed by atoms with Gasteiger partial charge < -0.3 is 14.5 Å². The van der Waals surface area contributed by atoms with E-state index in [0.29, 0.717) is 28.7 Å². The monoisotopic (exact) mass is 424 g/mol. The van der Waals surface area contributed by atoms with Crippen LogP contribution >= 0.6 is 11.6 Å². The zero-order valence-corrected chi connectivity index (χ0v) is 17.0. The molecule has 3 heterocycles. The highest BCUT2D eigenvalue weighted by molar-refractivity contribution is 6.30. The largest absolute Gasteiger partial charge is 0.312 e. The number of amides is 1. The van der Waals surface area contributed by atoms with Crippen LogP contribution in [0, 0.1) is 5.82 Å². The Labute approximate surface area is 177 Å². The molecule has 4 rings (SSSR count). The molecule has 7 nitrogen and oxygen atoms in total. The van der Waals surface area contributed by atoms with E-state index in [9.17, 15) is 9.18 Å². The first kappa shape index (κ1) is 19.8. The molecule has 0 fully saturated rings. The van der Waals surface area contributed by atoms with Crippen molar-refractivity contribution in [3.63, 3.8) is 0 Å². The van der Waals surface area contributed by atoms with E-state index in [1.807, 2.05) is 24.5 Å². The van der Waals surface area contributed by atoms with E-state index in [1.54, 1.807) is 47.4 Å². The topological polar surface area (TPSA) is 77.6 Å². The van der Waals surface area contributed by atoms with E-state index < -0.39 is 5.82 Å². The van der Waals surface area contributed by atoms with E-state index in [4.69, 9.17) is 11.6 Å². The first-order chi connectivity index (χ1) is 14.4. The molecule has 0 aliphatic heterocycles. The van der Waals surface area contributed by atoms with Crippen LogP contribution in [0.25, 0.3) is 17.2 Å². The molecular weight excluding hydrogens is 407 g/mol. The summed E-state index contributed by atoms with van der Waals surface area (Å²) in [6.07, 6.45) is 3.35. The molecule has 1 amide bonds. The second-order valence-electron chi connectivity index (χ2n) is 6.88. The van der Waals surface area contributed by atoms with Gasteiger partial charge >= 0.3 is 0 Å². The van der Waals surface area contributed by atoms with Gasteiger partial charge in [0.2, 0.25) is 0 Å². The highest BCUT2D eigenvalue weighted by Gasteiger charge is 2.16. The predicted octanol–water partition coefficient (Wildman–Crippen LogP) is 4.76. The Morgan fingerprint density at radius 1 is 1.17 bits per heavy atom. The zero-order chi connectivity index (χ0) is 21.3. The van der Waals surface area contributed by atoms with Crippen LogP contribution in [0.4, 0.5) is 10.2 Å². The molecular formula is C21H18ClFN6O. The number of pyridine rings is 1. The van der Waals surface area contributed by atoms with Gasteiger partial charge in [0.25, 0.3) is 5.91 Å². The highest BCUT2D eigenvalue weighted by Crippen LogP contribution is 2.22. The van der Waals surface area contributed by atoms with Crippen molar-refractivity contribution in [1.82, 2.24) is 24.3 Å². The number of benzene rings is 1. The van der Waals surface area contributed by atoms with E-state index in [0.717, 1.165) is 0 Å². The Bertz CT molecular complexity index is 1220. The second-order valence-corrected chi connectivity index (χ2v) is 7.29. The van der Waals surface area contributed by atoms with Gasteiger partial charge in [-0.1, -0.05) is 17.7 Å². The van der Waals surface area contributed by atoms with Gasteiger partial charge in [0.15, 0.2) is 5.82 Å². The van der Waals surface area contributed by atoms with Crippen LogP contribution in [0.15, 0.2) is 61.1 Å². The van der Waals surface area contributed by atoms with Crippen molar-refractivity contribution in [1.29, 1.82) is 0 Å². The number of carbonyl (C=O) groups excluding carboxylic acids is 1. The molecule has 0 atom stereocenters. The molecule has 0 aliphatic carbocycles. The highest BCUT2D eigenvalue weighted by atomic mass is 35.5. The average Bonchev–Trinajstić information content (AvgIpc) is 3.40. The summed E-state index contributed by atoms with van der Waals surface area (Å²) < 4.78 is 17.0. The van der Waals surface area contributed by atoms with Crippen molar-refractivity contribution in [3.05, 3.63) is 77.6 Å². The molecule has 1 aromatic carbocycles. The number of carbonyl (C=O) groups is 1. The molecule has 0 aliphatic rings. The third-order valence-corrected chi connectivity index (χ3v) is 4.80. The lowest BCUT2D eigenvalue weighted by Gasteiger charge is -2.12. The number of rotatable bonds is 5. The van der Waals surface area contributed by atoms with Crippen LogP contribution in [0.1, 0.15) is 30.4 Å². The third kappa shape index (κ3) is 3.81. The fourth-order valence-corrected chi connectivity index (χ4v) is 3.21. The Kier molecular flexibility index (Phi) is 5.33. The second kappa shape index (κ2) is 8.08. The number of nitrogens with one attached hydrogen (secondary N) is 1. The van der Waals surface area contributed by atoms with Gasteiger partial charge in [-0.15, -0.1) is 10.2 Å². The maximum atomic E-state index is 13.5. The number of hydrogen-bond acceptors (Lipinski definition) is 4. The van der Waals surface area contributed by atoms with Gasteiger partial charge in [-0.2, -0.15) is 0 Å². The molecule has 30 heavy (non-hydrogen) atoms. The van der Waals surface area contributed by atoms with Crippen molar-refractivity contribution < 1.29 is 9.18 Å². The van der Waals surface area contributed by atoms with E-state index in [1.165, 1.54) is 12.1 Å². The summed E-state index contributed by atoms with van der Waals surface area (Å²) >= 11 is 5.88. The molecule has 9 heteroatoms. The molecule has 4 aromatic rings. The fourth-order valence-electron chi connectivity index (χ4n) is 3.04. The minimum Gasteiger partial charge on any atom is -0.312 e. The molecule has 0 bridgehead atoms. The quantitative estimate of drug-likeness (QED) is 0.501. The van der Waals surface area contributed by atoms with Crippen LogP contribution < -0.4 is 5.32 Å². The lowest BCUT2D eigenvalue weighted by atomic mass is 10.3. The normalized spacial score (nSPS) is 11.1. The van der Waals surface area contributed by atoms with E-state index >= 15 is 0 Å². The minimum atomic E-state index is -0.520. The SMILES string of the molecule is CC(C)n1cnnc1-c1cccc(NC(=O)c2cccn2-c2ccc(F)c(Cl)c2)n1. The van der Waals surface area contributed by atoms with Crippen LogP contribution in [-0.2, 0) is 0 Å². The minimum absolute atomic E-state index is 0.0174. The van der Waals surface area contributed by atoms with Gasteiger partial charge in [0, 0.05) is 17.9 Å². The summed E-state index contributed by atoms with van der Waals surface area (Å²) in [6, 6.07) is 13.1. The van der Waals surface area contributed by atoms with Crippen LogP contribution in [0.5, 0.6) is 0 Å². The molecule has 0 saturated heterocycles. The molecule has 152 valence electrons. The van der Waals surface area contributed by atoms with E-state index in [2.05, 4.69) is 20.5 Å². The smallest absolute Gasteiger partial charge is 0.273 e. The lowest BCUT2D eigenvalue weighted by Crippen LogP contribution is -2.17. The zero-order valence-electron chi connectivity index (χ0n) is 16.3. The maximum absolute atomic E-state index is 13.5. The Morgan fingerprint density at radius 2 is 2.00 bits per heavy atom. The number of anilines is 1. The number of nitrogens with zero attached hydrogens (tertiary/aromatic N) is 5. The van der Waals surface area contributed by atoms with Gasteiger partial charge in [-0.25, -0.2) is 9.37 Å². The molecule has 0 radical (unpaired) electrons. The van der Waals surface area contributed by atoms with Crippen molar-refractivity contribution in [2.24, 2.45) is 0 Å².